The molecule has 4 rings (SSSR count). The number of carboxylic acid groups (broad SMARTS) is 1. The molecule has 1 aliphatic rings. The third-order valence-corrected chi connectivity index (χ3v) is 8.39. The van der Waals surface area contributed by atoms with Crippen molar-refractivity contribution in [1.82, 2.24) is 14.8 Å². The Labute approximate surface area is 248 Å². The Hall–Kier alpha value is -3.00. The fraction of sp³-hybridized carbons (Fsp3) is 0.455. The zero-order valence-electron chi connectivity index (χ0n) is 24.6. The standard InChI is InChI=1S/C33H42ClFN4O2/c1-5-37(23-27-29(34)9-6-10-30(27)35)21-24-11-13-25(14-12-24)22-38-16-18-39(19-17-38)31-26(8-7-15-36-31)20-28(32(40)41)33(2,3)4/h6-15,28H,5,16-23H2,1-4H3,(H,40,41). The van der Waals surface area contributed by atoms with E-state index in [1.165, 1.54) is 17.2 Å². The lowest BCUT2D eigenvalue weighted by Crippen LogP contribution is -2.46. The van der Waals surface area contributed by atoms with Gasteiger partial charge < -0.3 is 10.0 Å². The molecule has 0 amide bonds. The van der Waals surface area contributed by atoms with E-state index < -0.39 is 11.9 Å². The van der Waals surface area contributed by atoms with E-state index in [0.717, 1.165) is 57.2 Å². The van der Waals surface area contributed by atoms with E-state index in [9.17, 15) is 14.3 Å². The molecule has 220 valence electrons. The minimum absolute atomic E-state index is 0.264. The number of rotatable bonds is 11. The second-order valence-electron chi connectivity index (χ2n) is 12.0. The molecule has 1 fully saturated rings. The Morgan fingerprint density at radius 3 is 2.32 bits per heavy atom. The first-order chi connectivity index (χ1) is 19.5. The van der Waals surface area contributed by atoms with Crippen LogP contribution in [-0.2, 0) is 30.8 Å². The Balaban J connectivity index is 1.32. The van der Waals surface area contributed by atoms with Crippen LogP contribution in [0, 0.1) is 17.2 Å². The number of aromatic nitrogens is 1. The SMILES string of the molecule is CCN(Cc1ccc(CN2CCN(c3ncccc3CC(C(=O)O)C(C)(C)C)CC2)cc1)Cc1c(F)cccc1Cl. The summed E-state index contributed by atoms with van der Waals surface area (Å²) in [6.45, 7) is 14.4. The first-order valence-corrected chi connectivity index (χ1v) is 14.8. The zero-order valence-corrected chi connectivity index (χ0v) is 25.4. The van der Waals surface area contributed by atoms with Gasteiger partial charge in [-0.15, -0.1) is 0 Å². The smallest absolute Gasteiger partial charge is 0.307 e. The van der Waals surface area contributed by atoms with Gasteiger partial charge in [0.05, 0.1) is 5.92 Å². The second-order valence-corrected chi connectivity index (χ2v) is 12.4. The van der Waals surface area contributed by atoms with Crippen LogP contribution in [0.5, 0.6) is 0 Å². The van der Waals surface area contributed by atoms with Gasteiger partial charge in [0, 0.05) is 62.6 Å². The van der Waals surface area contributed by atoms with Crippen molar-refractivity contribution in [2.45, 2.75) is 53.8 Å². The average Bonchev–Trinajstić information content (AvgIpc) is 2.94. The van der Waals surface area contributed by atoms with E-state index >= 15 is 0 Å². The summed E-state index contributed by atoms with van der Waals surface area (Å²) in [5.41, 5.74) is 3.65. The molecule has 0 aliphatic carbocycles. The summed E-state index contributed by atoms with van der Waals surface area (Å²) in [6, 6.07) is 17.4. The molecule has 0 spiro atoms. The van der Waals surface area contributed by atoms with Gasteiger partial charge in [0.25, 0.3) is 0 Å². The Morgan fingerprint density at radius 1 is 1.02 bits per heavy atom. The molecule has 1 aliphatic heterocycles. The number of piperazine rings is 1. The molecule has 0 bridgehead atoms. The molecule has 3 aromatic rings. The quantitative estimate of drug-likeness (QED) is 0.279. The average molecular weight is 581 g/mol. The van der Waals surface area contributed by atoms with Crippen LogP contribution < -0.4 is 4.90 Å². The number of hydrogen-bond acceptors (Lipinski definition) is 5. The first kappa shape index (κ1) is 30.9. The van der Waals surface area contributed by atoms with Crippen LogP contribution in [0.2, 0.25) is 5.02 Å². The van der Waals surface area contributed by atoms with Crippen LogP contribution in [0.3, 0.4) is 0 Å². The molecule has 41 heavy (non-hydrogen) atoms. The van der Waals surface area contributed by atoms with Crippen molar-refractivity contribution in [2.75, 3.05) is 37.6 Å². The van der Waals surface area contributed by atoms with E-state index in [2.05, 4.69) is 50.9 Å². The highest BCUT2D eigenvalue weighted by molar-refractivity contribution is 6.31. The molecule has 2 aromatic carbocycles. The van der Waals surface area contributed by atoms with Gasteiger partial charge in [-0.1, -0.05) is 75.7 Å². The fourth-order valence-corrected chi connectivity index (χ4v) is 5.65. The lowest BCUT2D eigenvalue weighted by molar-refractivity contribution is -0.145. The van der Waals surface area contributed by atoms with E-state index in [1.54, 1.807) is 18.3 Å². The van der Waals surface area contributed by atoms with Gasteiger partial charge >= 0.3 is 5.97 Å². The number of carbonyl (C=O) groups is 1. The van der Waals surface area contributed by atoms with Crippen LogP contribution in [0.25, 0.3) is 0 Å². The zero-order chi connectivity index (χ0) is 29.6. The minimum atomic E-state index is -0.764. The lowest BCUT2D eigenvalue weighted by Gasteiger charge is -2.37. The third kappa shape index (κ3) is 8.28. The summed E-state index contributed by atoms with van der Waals surface area (Å²) in [5, 5.41) is 10.3. The Morgan fingerprint density at radius 2 is 1.71 bits per heavy atom. The van der Waals surface area contributed by atoms with Crippen LogP contribution >= 0.6 is 11.6 Å². The predicted octanol–water partition coefficient (Wildman–Crippen LogP) is 6.51. The molecular formula is C33H42ClFN4O2. The summed E-state index contributed by atoms with van der Waals surface area (Å²) in [4.78, 5) is 23.6. The number of halogens is 2. The normalized spacial score (nSPS) is 15.3. The fourth-order valence-electron chi connectivity index (χ4n) is 5.43. The van der Waals surface area contributed by atoms with Crippen molar-refractivity contribution in [1.29, 1.82) is 0 Å². The van der Waals surface area contributed by atoms with Crippen molar-refractivity contribution in [3.63, 3.8) is 0 Å². The number of hydrogen-bond donors (Lipinski definition) is 1. The van der Waals surface area contributed by atoms with Gasteiger partial charge in [-0.25, -0.2) is 9.37 Å². The van der Waals surface area contributed by atoms with Crippen molar-refractivity contribution in [3.05, 3.63) is 93.9 Å². The minimum Gasteiger partial charge on any atom is -0.481 e. The maximum absolute atomic E-state index is 14.3. The molecule has 8 heteroatoms. The Kier molecular flexibility index (Phi) is 10.4. The van der Waals surface area contributed by atoms with Gasteiger partial charge in [-0.05, 0) is 53.3 Å². The number of benzene rings is 2. The molecule has 6 nitrogen and oxygen atoms in total. The van der Waals surface area contributed by atoms with Crippen molar-refractivity contribution in [3.8, 4) is 0 Å². The third-order valence-electron chi connectivity index (χ3n) is 8.03. The molecule has 1 atom stereocenters. The first-order valence-electron chi connectivity index (χ1n) is 14.4. The number of aliphatic carboxylic acids is 1. The van der Waals surface area contributed by atoms with E-state index in [0.29, 0.717) is 23.6 Å². The van der Waals surface area contributed by atoms with Crippen molar-refractivity contribution in [2.24, 2.45) is 11.3 Å². The van der Waals surface area contributed by atoms with E-state index in [4.69, 9.17) is 11.6 Å². The summed E-state index contributed by atoms with van der Waals surface area (Å²) in [6.07, 6.45) is 2.27. The van der Waals surface area contributed by atoms with Gasteiger partial charge in [-0.2, -0.15) is 0 Å². The maximum Gasteiger partial charge on any atom is 0.307 e. The van der Waals surface area contributed by atoms with Gasteiger partial charge in [-0.3, -0.25) is 14.6 Å². The molecule has 1 aromatic heterocycles. The van der Waals surface area contributed by atoms with Crippen molar-refractivity contribution >= 4 is 23.4 Å². The van der Waals surface area contributed by atoms with Crippen molar-refractivity contribution < 1.29 is 14.3 Å². The monoisotopic (exact) mass is 580 g/mol. The van der Waals surface area contributed by atoms with E-state index in [1.807, 2.05) is 32.9 Å². The van der Waals surface area contributed by atoms with Gasteiger partial charge in [0.15, 0.2) is 0 Å². The molecular weight excluding hydrogens is 539 g/mol. The number of pyridine rings is 1. The number of carboxylic acids is 1. The molecule has 1 saturated heterocycles. The molecule has 0 radical (unpaired) electrons. The largest absolute Gasteiger partial charge is 0.481 e. The highest BCUT2D eigenvalue weighted by atomic mass is 35.5. The van der Waals surface area contributed by atoms with Gasteiger partial charge in [0.1, 0.15) is 11.6 Å². The second kappa shape index (κ2) is 13.8. The molecule has 0 saturated carbocycles. The summed E-state index contributed by atoms with van der Waals surface area (Å²) >= 11 is 6.25. The molecule has 2 heterocycles. The highest BCUT2D eigenvalue weighted by Crippen LogP contribution is 2.32. The predicted molar refractivity (Wildman–Crippen MR) is 164 cm³/mol. The molecule has 1 unspecified atom stereocenters. The lowest BCUT2D eigenvalue weighted by atomic mass is 9.77. The summed E-state index contributed by atoms with van der Waals surface area (Å²) in [7, 11) is 0. The maximum atomic E-state index is 14.3. The van der Waals surface area contributed by atoms with Crippen LogP contribution in [0.4, 0.5) is 10.2 Å². The Bertz CT molecular complexity index is 1280. The molecule has 1 N–H and O–H groups in total. The van der Waals surface area contributed by atoms with E-state index in [-0.39, 0.29) is 11.2 Å². The summed E-state index contributed by atoms with van der Waals surface area (Å²) < 4.78 is 14.3. The summed E-state index contributed by atoms with van der Waals surface area (Å²) in [5.74, 6) is -0.597. The van der Waals surface area contributed by atoms with Gasteiger partial charge in [0.2, 0.25) is 0 Å². The highest BCUT2D eigenvalue weighted by Gasteiger charge is 2.32. The van der Waals surface area contributed by atoms with Crippen LogP contribution in [0.15, 0.2) is 60.8 Å². The number of anilines is 1. The number of nitrogens with zero attached hydrogens (tertiary/aromatic N) is 4. The topological polar surface area (TPSA) is 59.9 Å². The van der Waals surface area contributed by atoms with Crippen LogP contribution in [0.1, 0.15) is 49.9 Å². The van der Waals surface area contributed by atoms with Crippen LogP contribution in [-0.4, -0.2) is 58.6 Å².